The number of ether oxygens (including phenoxy) is 1. The van der Waals surface area contributed by atoms with E-state index < -0.39 is 21.0 Å². The maximum atomic E-state index is 13.4. The Morgan fingerprint density at radius 1 is 0.934 bits per heavy atom. The molecule has 4 heterocycles. The predicted octanol–water partition coefficient (Wildman–Crippen LogP) is 9.47. The molecule has 1 amide bonds. The number of nitrogens with zero attached hydrogens (tertiary/aromatic N) is 4. The summed E-state index contributed by atoms with van der Waals surface area (Å²) < 4.78 is 26.4. The highest BCUT2D eigenvalue weighted by atomic mass is 32.2. The van der Waals surface area contributed by atoms with Crippen LogP contribution in [0.15, 0.2) is 67.1 Å². The molecule has 1 N–H and O–H groups in total. The summed E-state index contributed by atoms with van der Waals surface area (Å²) in [6.07, 6.45) is 8.40. The van der Waals surface area contributed by atoms with E-state index in [-0.39, 0.29) is 51.7 Å². The van der Waals surface area contributed by atoms with Crippen molar-refractivity contribution in [2.24, 2.45) is 11.3 Å². The van der Waals surface area contributed by atoms with Crippen molar-refractivity contribution in [3.8, 4) is 0 Å². The second-order valence-corrected chi connectivity index (χ2v) is 26.7. The Labute approximate surface area is 371 Å². The summed E-state index contributed by atoms with van der Waals surface area (Å²) in [4.78, 5) is 42.6. The van der Waals surface area contributed by atoms with Gasteiger partial charge < -0.3 is 23.8 Å². The summed E-state index contributed by atoms with van der Waals surface area (Å²) >= 11 is 1.75. The van der Waals surface area contributed by atoms with Crippen molar-refractivity contribution < 1.29 is 28.1 Å². The third-order valence-corrected chi connectivity index (χ3v) is 18.5. The van der Waals surface area contributed by atoms with Crippen molar-refractivity contribution in [2.45, 2.75) is 168 Å². The highest BCUT2D eigenvalue weighted by molar-refractivity contribution is 8.01. The third-order valence-electron chi connectivity index (χ3n) is 12.6. The van der Waals surface area contributed by atoms with Gasteiger partial charge in [-0.25, -0.2) is 0 Å². The summed E-state index contributed by atoms with van der Waals surface area (Å²) in [6, 6.07) is 15.6. The first-order valence-corrected chi connectivity index (χ1v) is 26.1. The molecular formula is C47H72BN5O6SSi. The van der Waals surface area contributed by atoms with Crippen LogP contribution < -0.4 is 5.32 Å². The molecule has 2 fully saturated rings. The number of pyridine rings is 3. The van der Waals surface area contributed by atoms with Crippen LogP contribution >= 0.6 is 11.8 Å². The summed E-state index contributed by atoms with van der Waals surface area (Å²) in [5.41, 5.74) is 2.47. The number of amides is 1. The smallest absolute Gasteiger partial charge is 0.460 e. The zero-order valence-corrected chi connectivity index (χ0v) is 40.8. The first kappa shape index (κ1) is 48.9. The molecule has 0 spiro atoms. The van der Waals surface area contributed by atoms with Crippen molar-refractivity contribution in [1.29, 1.82) is 0 Å². The minimum Gasteiger partial charge on any atom is -0.460 e. The Bertz CT molecular complexity index is 1820. The van der Waals surface area contributed by atoms with Crippen LogP contribution in [-0.4, -0.2) is 88.0 Å². The van der Waals surface area contributed by atoms with Crippen LogP contribution in [0.2, 0.25) is 18.1 Å². The van der Waals surface area contributed by atoms with Crippen molar-refractivity contribution >= 4 is 39.1 Å². The molecule has 5 rings (SSSR count). The van der Waals surface area contributed by atoms with Gasteiger partial charge in [-0.3, -0.25) is 29.4 Å². The van der Waals surface area contributed by atoms with E-state index >= 15 is 0 Å². The third kappa shape index (κ3) is 14.4. The van der Waals surface area contributed by atoms with Crippen molar-refractivity contribution in [3.05, 3.63) is 89.8 Å². The number of nitrogens with one attached hydrogen (secondary N) is 1. The molecule has 1 aliphatic heterocycles. The molecule has 61 heavy (non-hydrogen) atoms. The molecule has 2 aliphatic rings. The van der Waals surface area contributed by atoms with Gasteiger partial charge in [0, 0.05) is 55.7 Å². The molecule has 11 nitrogen and oxygen atoms in total. The van der Waals surface area contributed by atoms with Crippen molar-refractivity contribution in [1.82, 2.24) is 25.2 Å². The molecule has 0 radical (unpaired) electrons. The van der Waals surface area contributed by atoms with Crippen LogP contribution in [-0.2, 0) is 42.9 Å². The molecule has 1 saturated carbocycles. The SMILES string of the molecule is C[C@H]1C[C@H]2OB([C@H](CCC(CC(=O)OC(C)(C)C)O[Si](C)(C)C(C)(C)C)SCCNC(=O)c3ccc(CN(Cc4ccccn4)Cc4ccccn4)nc3)O[C@@]2(C)CC1(C)C. The molecular weight excluding hydrogens is 802 g/mol. The van der Waals surface area contributed by atoms with Gasteiger partial charge in [-0.2, -0.15) is 11.8 Å². The second kappa shape index (κ2) is 20.6. The Morgan fingerprint density at radius 2 is 1.56 bits per heavy atom. The van der Waals surface area contributed by atoms with Gasteiger partial charge in [0.25, 0.3) is 5.91 Å². The van der Waals surface area contributed by atoms with Crippen LogP contribution in [0.1, 0.15) is 129 Å². The minimum absolute atomic E-state index is 0.0110. The standard InChI is InChI=1S/C47H72BN5O6SSi/c1-34-27-40-47(10,33-46(34,8)9)59-48(57-40)41(22-21-39(28-42(54)56-44(2,3)4)58-61(11,12)45(5,6)7)60-26-25-51-43(55)35-19-20-38(52-29-35)32-53(30-36-17-13-15-23-49-36)31-37-18-14-16-24-50-37/h13-20,23-24,29,34,39-41H,21-22,25-28,30-33H2,1-12H3,(H,51,55)/t34-,39?,40+,41-,47-/m0/s1. The number of hydrogen-bond acceptors (Lipinski definition) is 11. The molecule has 0 aromatic carbocycles. The normalized spacial score (nSPS) is 21.5. The van der Waals surface area contributed by atoms with E-state index in [4.69, 9.17) is 18.5 Å². The number of rotatable bonds is 19. The fourth-order valence-electron chi connectivity index (χ4n) is 8.00. The molecule has 334 valence electrons. The topological polar surface area (TPSA) is 125 Å². The van der Waals surface area contributed by atoms with Gasteiger partial charge in [0.05, 0.1) is 46.9 Å². The highest BCUT2D eigenvalue weighted by Gasteiger charge is 2.57. The quantitative estimate of drug-likeness (QED) is 0.0704. The molecule has 3 aromatic heterocycles. The van der Waals surface area contributed by atoms with Crippen molar-refractivity contribution in [2.75, 3.05) is 12.3 Å². The summed E-state index contributed by atoms with van der Waals surface area (Å²) in [6.45, 7) is 28.3. The van der Waals surface area contributed by atoms with Crippen LogP contribution in [0.3, 0.4) is 0 Å². The number of aromatic nitrogens is 3. The number of carbonyl (C=O) groups is 2. The van der Waals surface area contributed by atoms with Gasteiger partial charge in [-0.05, 0) is 119 Å². The fraction of sp³-hybridized carbons (Fsp3) is 0.638. The second-order valence-electron chi connectivity index (χ2n) is 20.6. The molecule has 3 aromatic rings. The van der Waals surface area contributed by atoms with Crippen LogP contribution in [0.25, 0.3) is 0 Å². The number of thioether (sulfide) groups is 1. The fourth-order valence-corrected chi connectivity index (χ4v) is 10.5. The number of carbonyl (C=O) groups excluding carboxylic acids is 2. The van der Waals surface area contributed by atoms with Gasteiger partial charge in [-0.1, -0.05) is 53.7 Å². The molecule has 5 atom stereocenters. The summed E-state index contributed by atoms with van der Waals surface area (Å²) in [7, 11) is -2.63. The maximum Gasteiger partial charge on any atom is 0.471 e. The Balaban J connectivity index is 1.23. The molecule has 14 heteroatoms. The lowest BCUT2D eigenvalue weighted by atomic mass is 9.63. The van der Waals surface area contributed by atoms with Gasteiger partial charge in [-0.15, -0.1) is 0 Å². The Kier molecular flexibility index (Phi) is 16.5. The van der Waals surface area contributed by atoms with Gasteiger partial charge in [0.2, 0.25) is 0 Å². The average molecular weight is 874 g/mol. The highest BCUT2D eigenvalue weighted by Crippen LogP contribution is 2.51. The van der Waals surface area contributed by atoms with Gasteiger partial charge in [0.15, 0.2) is 8.32 Å². The molecule has 1 saturated heterocycles. The molecule has 0 bridgehead atoms. The lowest BCUT2D eigenvalue weighted by Gasteiger charge is -2.47. The largest absolute Gasteiger partial charge is 0.471 e. The van der Waals surface area contributed by atoms with Crippen LogP contribution in [0.4, 0.5) is 0 Å². The average Bonchev–Trinajstić information content (AvgIpc) is 3.48. The first-order valence-electron chi connectivity index (χ1n) is 22.1. The monoisotopic (exact) mass is 874 g/mol. The first-order chi connectivity index (χ1) is 28.5. The van der Waals surface area contributed by atoms with E-state index in [1.807, 2.05) is 69.3 Å². The Hall–Kier alpha value is -3.14. The van der Waals surface area contributed by atoms with E-state index in [1.54, 1.807) is 30.4 Å². The molecule has 1 unspecified atom stereocenters. The summed E-state index contributed by atoms with van der Waals surface area (Å²) in [5, 5.41) is 3.06. The van der Waals surface area contributed by atoms with E-state index in [1.165, 1.54) is 0 Å². The van der Waals surface area contributed by atoms with E-state index in [0.717, 1.165) is 36.3 Å². The Morgan fingerprint density at radius 3 is 2.10 bits per heavy atom. The number of fused-ring (bicyclic) bond motifs is 1. The van der Waals surface area contributed by atoms with Gasteiger partial charge >= 0.3 is 13.1 Å². The van der Waals surface area contributed by atoms with Crippen molar-refractivity contribution in [3.63, 3.8) is 0 Å². The van der Waals surface area contributed by atoms with E-state index in [0.29, 0.717) is 49.8 Å². The van der Waals surface area contributed by atoms with E-state index in [2.05, 4.69) is 86.7 Å². The zero-order valence-electron chi connectivity index (χ0n) is 39.0. The predicted molar refractivity (Wildman–Crippen MR) is 248 cm³/mol. The minimum atomic E-state index is -2.22. The maximum absolute atomic E-state index is 13.4. The van der Waals surface area contributed by atoms with Crippen LogP contribution in [0.5, 0.6) is 0 Å². The van der Waals surface area contributed by atoms with Crippen LogP contribution in [0, 0.1) is 11.3 Å². The molecule has 1 aliphatic carbocycles. The van der Waals surface area contributed by atoms with E-state index in [9.17, 15) is 9.59 Å². The number of hydrogen-bond donors (Lipinski definition) is 1. The summed E-state index contributed by atoms with van der Waals surface area (Å²) in [5.74, 6) is 0.744. The number of esters is 1. The zero-order chi connectivity index (χ0) is 44.6. The lowest BCUT2D eigenvalue weighted by Crippen LogP contribution is -2.49. The van der Waals surface area contributed by atoms with Gasteiger partial charge in [0.1, 0.15) is 5.60 Å². The lowest BCUT2D eigenvalue weighted by molar-refractivity contribution is -0.156.